The van der Waals surface area contributed by atoms with Crippen LogP contribution in [0.5, 0.6) is 0 Å². The Hall–Kier alpha value is -2.03. The molecule has 0 bridgehead atoms. The van der Waals surface area contributed by atoms with Gasteiger partial charge in [0.05, 0.1) is 11.3 Å². The molecule has 0 aliphatic heterocycles. The lowest BCUT2D eigenvalue weighted by Gasteiger charge is -2.12. The van der Waals surface area contributed by atoms with Gasteiger partial charge in [-0.15, -0.1) is 0 Å². The number of aryl methyl sites for hydroxylation is 1. The van der Waals surface area contributed by atoms with Crippen molar-refractivity contribution in [2.24, 2.45) is 0 Å². The number of aromatic nitrogens is 2. The van der Waals surface area contributed by atoms with Crippen molar-refractivity contribution in [2.75, 3.05) is 12.0 Å². The number of amides is 1. The average molecular weight is 316 g/mol. The lowest BCUT2D eigenvalue weighted by atomic mass is 10.2. The van der Waals surface area contributed by atoms with Gasteiger partial charge in [-0.2, -0.15) is 0 Å². The van der Waals surface area contributed by atoms with Gasteiger partial charge >= 0.3 is 5.97 Å². The van der Waals surface area contributed by atoms with Crippen LogP contribution in [0.3, 0.4) is 0 Å². The molecule has 9 heteroatoms. The highest BCUT2D eigenvalue weighted by Crippen LogP contribution is 1.97. The third-order valence-electron chi connectivity index (χ3n) is 2.52. The van der Waals surface area contributed by atoms with Gasteiger partial charge in [0.25, 0.3) is 5.91 Å². The molecule has 0 saturated heterocycles. The van der Waals surface area contributed by atoms with E-state index in [-0.39, 0.29) is 24.3 Å². The van der Waals surface area contributed by atoms with Crippen LogP contribution >= 0.6 is 0 Å². The van der Waals surface area contributed by atoms with Gasteiger partial charge in [0.15, 0.2) is 12.7 Å². The van der Waals surface area contributed by atoms with Gasteiger partial charge in [0, 0.05) is 18.4 Å². The summed E-state index contributed by atoms with van der Waals surface area (Å²) in [6.07, 6.45) is 3.85. The summed E-state index contributed by atoms with van der Waals surface area (Å²) in [4.78, 5) is 22.3. The molecule has 0 spiro atoms. The van der Waals surface area contributed by atoms with Crippen molar-refractivity contribution < 1.29 is 27.8 Å². The fraction of sp³-hybridized carbons (Fsp3) is 0.500. The number of carboxylic acids is 1. The zero-order chi connectivity index (χ0) is 16.0. The number of rotatable bonds is 7. The summed E-state index contributed by atoms with van der Waals surface area (Å²) in [6.45, 7) is 1.81. The maximum Gasteiger partial charge on any atom is 0.309 e. The van der Waals surface area contributed by atoms with Crippen molar-refractivity contribution in [1.82, 2.24) is 10.4 Å². The number of hydrogen-bond acceptors (Lipinski definition) is 5. The van der Waals surface area contributed by atoms with Crippen molar-refractivity contribution in [2.45, 2.75) is 25.9 Å². The molecular weight excluding hydrogens is 298 g/mol. The molecule has 1 atom stereocenters. The Morgan fingerprint density at radius 1 is 1.48 bits per heavy atom. The molecule has 0 aromatic carbocycles. The van der Waals surface area contributed by atoms with E-state index in [1.807, 2.05) is 0 Å². The first-order valence-electron chi connectivity index (χ1n) is 6.23. The second-order valence-electron chi connectivity index (χ2n) is 4.79. The largest absolute Gasteiger partial charge is 0.481 e. The summed E-state index contributed by atoms with van der Waals surface area (Å²) in [6, 6.07) is 0.990. The van der Waals surface area contributed by atoms with Gasteiger partial charge in [-0.25, -0.2) is 8.42 Å². The zero-order valence-corrected chi connectivity index (χ0v) is 12.6. The van der Waals surface area contributed by atoms with Crippen LogP contribution in [0.15, 0.2) is 18.5 Å². The van der Waals surface area contributed by atoms with Crippen LogP contribution in [-0.2, 0) is 21.2 Å². The van der Waals surface area contributed by atoms with E-state index in [2.05, 4.69) is 10.4 Å². The lowest BCUT2D eigenvalue weighted by Crippen LogP contribution is -2.40. The predicted octanol–water partition coefficient (Wildman–Crippen LogP) is -0.993. The van der Waals surface area contributed by atoms with Crippen LogP contribution in [0.25, 0.3) is 0 Å². The molecule has 2 N–H and O–H groups in total. The van der Waals surface area contributed by atoms with Crippen LogP contribution in [0.4, 0.5) is 0 Å². The molecule has 116 valence electrons. The Morgan fingerprint density at radius 3 is 2.62 bits per heavy atom. The van der Waals surface area contributed by atoms with Crippen molar-refractivity contribution in [3.8, 4) is 0 Å². The smallest absolute Gasteiger partial charge is 0.309 e. The standard InChI is InChI=1S/C12H17N3O5S/c1-9(8-21(2,19)20)14-12(18)10-3-5-15(13-7-10)6-4-11(16)17/h3,5,7,9H,4,6,8H2,1-2H3,(H-,14,16,17,18)/p+1. The van der Waals surface area contributed by atoms with Gasteiger partial charge in [-0.3, -0.25) is 9.59 Å². The summed E-state index contributed by atoms with van der Waals surface area (Å²) in [5.41, 5.74) is 0.280. The topological polar surface area (TPSA) is 117 Å². The Bertz CT molecular complexity index is 612. The molecule has 21 heavy (non-hydrogen) atoms. The molecule has 0 aliphatic rings. The van der Waals surface area contributed by atoms with Crippen molar-refractivity contribution in [1.29, 1.82) is 0 Å². The summed E-state index contributed by atoms with van der Waals surface area (Å²) < 4.78 is 23.6. The maximum absolute atomic E-state index is 11.9. The molecule has 0 aliphatic carbocycles. The first-order valence-corrected chi connectivity index (χ1v) is 8.29. The monoisotopic (exact) mass is 316 g/mol. The Kier molecular flexibility index (Phi) is 5.77. The van der Waals surface area contributed by atoms with Crippen LogP contribution < -0.4 is 10.00 Å². The van der Waals surface area contributed by atoms with Crippen LogP contribution in [0.2, 0.25) is 0 Å². The van der Waals surface area contributed by atoms with E-state index in [4.69, 9.17) is 5.11 Å². The third-order valence-corrected chi connectivity index (χ3v) is 3.62. The van der Waals surface area contributed by atoms with Crippen molar-refractivity contribution in [3.63, 3.8) is 0 Å². The fourth-order valence-corrected chi connectivity index (χ4v) is 2.66. The molecule has 0 saturated carbocycles. The number of hydrogen-bond donors (Lipinski definition) is 2. The second kappa shape index (κ2) is 7.11. The number of carboxylic acid groups (broad SMARTS) is 1. The number of aliphatic carboxylic acids is 1. The molecule has 1 aromatic heterocycles. The first kappa shape index (κ1) is 17.0. The van der Waals surface area contributed by atoms with E-state index >= 15 is 0 Å². The van der Waals surface area contributed by atoms with E-state index in [1.165, 1.54) is 23.1 Å². The third kappa shape index (κ3) is 6.80. The number of sulfone groups is 1. The SMILES string of the molecule is CC(CS(C)(=O)=O)NC(=O)c1cc[n+](CCC(=O)O)nc1. The van der Waals surface area contributed by atoms with Gasteiger partial charge in [-0.1, -0.05) is 4.68 Å². The van der Waals surface area contributed by atoms with E-state index in [0.29, 0.717) is 0 Å². The summed E-state index contributed by atoms with van der Waals surface area (Å²) in [5.74, 6) is -1.50. The maximum atomic E-state index is 11.9. The van der Waals surface area contributed by atoms with Crippen LogP contribution in [-0.4, -0.2) is 48.5 Å². The lowest BCUT2D eigenvalue weighted by molar-refractivity contribution is -0.753. The highest BCUT2D eigenvalue weighted by atomic mass is 32.2. The molecular formula is C12H18N3O5S+. The van der Waals surface area contributed by atoms with Crippen LogP contribution in [0, 0.1) is 0 Å². The molecule has 0 fully saturated rings. The minimum Gasteiger partial charge on any atom is -0.481 e. The second-order valence-corrected chi connectivity index (χ2v) is 6.97. The van der Waals surface area contributed by atoms with E-state index in [0.717, 1.165) is 6.26 Å². The van der Waals surface area contributed by atoms with Gasteiger partial charge < -0.3 is 10.4 Å². The molecule has 0 radical (unpaired) electrons. The minimum atomic E-state index is -3.16. The zero-order valence-electron chi connectivity index (χ0n) is 11.8. The molecule has 1 heterocycles. The Labute approximate surface area is 122 Å². The van der Waals surface area contributed by atoms with Gasteiger partial charge in [0.2, 0.25) is 0 Å². The van der Waals surface area contributed by atoms with Crippen molar-refractivity contribution >= 4 is 21.7 Å². The van der Waals surface area contributed by atoms with Gasteiger partial charge in [0.1, 0.15) is 22.5 Å². The number of carbonyl (C=O) groups is 2. The quantitative estimate of drug-likeness (QED) is 0.624. The molecule has 1 aromatic rings. The van der Waals surface area contributed by atoms with Gasteiger partial charge in [-0.05, 0) is 12.0 Å². The summed E-state index contributed by atoms with van der Waals surface area (Å²) in [7, 11) is -3.16. The Balaban J connectivity index is 2.61. The van der Waals surface area contributed by atoms with E-state index in [9.17, 15) is 18.0 Å². The van der Waals surface area contributed by atoms with Crippen LogP contribution in [0.1, 0.15) is 23.7 Å². The number of carbonyl (C=O) groups excluding carboxylic acids is 1. The first-order chi connectivity index (χ1) is 9.67. The fourth-order valence-electron chi connectivity index (χ4n) is 1.66. The normalized spacial score (nSPS) is 12.7. The highest BCUT2D eigenvalue weighted by Gasteiger charge is 2.16. The summed E-state index contributed by atoms with van der Waals surface area (Å²) >= 11 is 0. The average Bonchev–Trinajstić information content (AvgIpc) is 2.34. The number of nitrogens with one attached hydrogen (secondary N) is 1. The minimum absolute atomic E-state index is 0.0609. The number of nitrogens with zero attached hydrogens (tertiary/aromatic N) is 2. The van der Waals surface area contributed by atoms with E-state index < -0.39 is 27.8 Å². The molecule has 1 unspecified atom stereocenters. The van der Waals surface area contributed by atoms with Crippen molar-refractivity contribution in [3.05, 3.63) is 24.0 Å². The van der Waals surface area contributed by atoms with E-state index in [1.54, 1.807) is 6.92 Å². The summed E-state index contributed by atoms with van der Waals surface area (Å²) in [5, 5.41) is 15.0. The molecule has 1 rings (SSSR count). The highest BCUT2D eigenvalue weighted by molar-refractivity contribution is 7.90. The molecule has 8 nitrogen and oxygen atoms in total. The predicted molar refractivity (Wildman–Crippen MR) is 73.3 cm³/mol. The molecule has 1 amide bonds. The Morgan fingerprint density at radius 2 is 2.14 bits per heavy atom.